The van der Waals surface area contributed by atoms with E-state index < -0.39 is 15.1 Å². The van der Waals surface area contributed by atoms with Crippen molar-refractivity contribution in [1.82, 2.24) is 0 Å². The number of ether oxygens (including phenoxy) is 1. The van der Waals surface area contributed by atoms with Crippen LogP contribution in [-0.2, 0) is 14.6 Å². The molecule has 17 heavy (non-hydrogen) atoms. The highest BCUT2D eigenvalue weighted by Crippen LogP contribution is 2.28. The molecule has 0 aliphatic carbocycles. The van der Waals surface area contributed by atoms with Crippen molar-refractivity contribution in [3.63, 3.8) is 0 Å². The van der Waals surface area contributed by atoms with Gasteiger partial charge in [-0.2, -0.15) is 0 Å². The summed E-state index contributed by atoms with van der Waals surface area (Å²) in [5.41, 5.74) is 0. The lowest BCUT2D eigenvalue weighted by Gasteiger charge is -2.23. The fourth-order valence-electron chi connectivity index (χ4n) is 2.04. The third kappa shape index (κ3) is 3.30. The van der Waals surface area contributed by atoms with Crippen LogP contribution in [0.15, 0.2) is 17.5 Å². The van der Waals surface area contributed by atoms with E-state index in [0.717, 1.165) is 24.1 Å². The first-order valence-electron chi connectivity index (χ1n) is 5.96. The second-order valence-corrected chi connectivity index (χ2v) is 7.82. The highest BCUT2D eigenvalue weighted by atomic mass is 32.2. The van der Waals surface area contributed by atoms with E-state index in [-0.39, 0.29) is 11.9 Å². The predicted octanol–water partition coefficient (Wildman–Crippen LogP) is 2.79. The molecule has 1 aliphatic heterocycles. The molecule has 0 radical (unpaired) electrons. The van der Waals surface area contributed by atoms with Crippen molar-refractivity contribution >= 4 is 21.2 Å². The van der Waals surface area contributed by atoms with Crippen molar-refractivity contribution in [1.29, 1.82) is 0 Å². The van der Waals surface area contributed by atoms with Gasteiger partial charge in [-0.1, -0.05) is 6.07 Å². The molecule has 1 aromatic rings. The molecule has 1 aliphatic rings. The van der Waals surface area contributed by atoms with E-state index in [0.29, 0.717) is 6.61 Å². The Balaban J connectivity index is 2.03. The van der Waals surface area contributed by atoms with E-state index in [1.54, 1.807) is 6.92 Å². The molecule has 1 saturated heterocycles. The second-order valence-electron chi connectivity index (χ2n) is 4.48. The normalized spacial score (nSPS) is 23.5. The topological polar surface area (TPSA) is 43.4 Å². The SMILES string of the molecule is C[C@H](c1cccs1)S(=O)(=O)C[C@@H]1CCCCO1. The molecule has 0 amide bonds. The van der Waals surface area contributed by atoms with Gasteiger partial charge in [0.1, 0.15) is 0 Å². The standard InChI is InChI=1S/C12H18O3S2/c1-10(12-6-4-8-16-12)17(13,14)9-11-5-2-3-7-15-11/h4,6,8,10-11H,2-3,5,7,9H2,1H3/t10-,11+/m1/s1. The van der Waals surface area contributed by atoms with Crippen molar-refractivity contribution in [3.05, 3.63) is 22.4 Å². The lowest BCUT2D eigenvalue weighted by atomic mass is 10.1. The van der Waals surface area contributed by atoms with Crippen LogP contribution in [0.1, 0.15) is 36.3 Å². The molecule has 0 unspecified atom stereocenters. The summed E-state index contributed by atoms with van der Waals surface area (Å²) >= 11 is 1.50. The van der Waals surface area contributed by atoms with E-state index in [1.165, 1.54) is 11.3 Å². The monoisotopic (exact) mass is 274 g/mol. The van der Waals surface area contributed by atoms with E-state index in [4.69, 9.17) is 4.74 Å². The first kappa shape index (κ1) is 13.1. The van der Waals surface area contributed by atoms with Crippen LogP contribution in [0.3, 0.4) is 0 Å². The summed E-state index contributed by atoms with van der Waals surface area (Å²) < 4.78 is 30.0. The summed E-state index contributed by atoms with van der Waals surface area (Å²) in [5, 5.41) is 1.51. The van der Waals surface area contributed by atoms with Gasteiger partial charge in [0.2, 0.25) is 0 Å². The van der Waals surface area contributed by atoms with Crippen molar-refractivity contribution in [3.8, 4) is 0 Å². The van der Waals surface area contributed by atoms with Gasteiger partial charge in [0, 0.05) is 11.5 Å². The summed E-state index contributed by atoms with van der Waals surface area (Å²) in [4.78, 5) is 0.917. The van der Waals surface area contributed by atoms with Gasteiger partial charge in [0.15, 0.2) is 9.84 Å². The molecule has 3 nitrogen and oxygen atoms in total. The van der Waals surface area contributed by atoms with Crippen LogP contribution >= 0.6 is 11.3 Å². The van der Waals surface area contributed by atoms with Crippen LogP contribution in [-0.4, -0.2) is 26.9 Å². The van der Waals surface area contributed by atoms with Gasteiger partial charge >= 0.3 is 0 Å². The maximum absolute atomic E-state index is 12.2. The van der Waals surface area contributed by atoms with E-state index >= 15 is 0 Å². The third-order valence-electron chi connectivity index (χ3n) is 3.17. The Bertz CT molecular complexity index is 430. The molecular weight excluding hydrogens is 256 g/mol. The summed E-state index contributed by atoms with van der Waals surface area (Å²) in [6, 6.07) is 3.78. The quantitative estimate of drug-likeness (QED) is 0.848. The molecule has 1 aromatic heterocycles. The first-order chi connectivity index (χ1) is 8.09. The van der Waals surface area contributed by atoms with Crippen LogP contribution in [0, 0.1) is 0 Å². The van der Waals surface area contributed by atoms with Gasteiger partial charge < -0.3 is 4.74 Å². The molecule has 2 rings (SSSR count). The summed E-state index contributed by atoms with van der Waals surface area (Å²) in [7, 11) is -3.10. The lowest BCUT2D eigenvalue weighted by Crippen LogP contribution is -2.29. The average Bonchev–Trinajstić information content (AvgIpc) is 2.82. The highest BCUT2D eigenvalue weighted by Gasteiger charge is 2.28. The summed E-state index contributed by atoms with van der Waals surface area (Å²) in [6.07, 6.45) is 2.90. The van der Waals surface area contributed by atoms with Gasteiger partial charge in [-0.3, -0.25) is 0 Å². The van der Waals surface area contributed by atoms with Crippen LogP contribution in [0.4, 0.5) is 0 Å². The molecule has 0 bridgehead atoms. The Labute approximate surface area is 107 Å². The fraction of sp³-hybridized carbons (Fsp3) is 0.667. The minimum absolute atomic E-state index is 0.101. The maximum atomic E-state index is 12.2. The number of rotatable bonds is 4. The van der Waals surface area contributed by atoms with Gasteiger partial charge in [-0.05, 0) is 37.6 Å². The zero-order valence-electron chi connectivity index (χ0n) is 9.96. The van der Waals surface area contributed by atoms with Gasteiger partial charge in [0.05, 0.1) is 17.1 Å². The molecule has 0 spiro atoms. The Morgan fingerprint density at radius 3 is 2.94 bits per heavy atom. The maximum Gasteiger partial charge on any atom is 0.160 e. The molecule has 0 saturated carbocycles. The number of hydrogen-bond donors (Lipinski definition) is 0. The van der Waals surface area contributed by atoms with E-state index in [9.17, 15) is 8.42 Å². The Kier molecular flexibility index (Phi) is 4.22. The molecule has 96 valence electrons. The first-order valence-corrected chi connectivity index (χ1v) is 8.55. The average molecular weight is 274 g/mol. The Hall–Kier alpha value is -0.390. The Morgan fingerprint density at radius 2 is 2.35 bits per heavy atom. The smallest absolute Gasteiger partial charge is 0.160 e. The van der Waals surface area contributed by atoms with Crippen LogP contribution in [0.25, 0.3) is 0 Å². The van der Waals surface area contributed by atoms with Crippen LogP contribution < -0.4 is 0 Å². The second kappa shape index (κ2) is 5.50. The van der Waals surface area contributed by atoms with Crippen LogP contribution in [0.5, 0.6) is 0 Å². The van der Waals surface area contributed by atoms with Crippen molar-refractivity contribution in [2.45, 2.75) is 37.5 Å². The number of hydrogen-bond acceptors (Lipinski definition) is 4. The van der Waals surface area contributed by atoms with Crippen molar-refractivity contribution in [2.24, 2.45) is 0 Å². The molecule has 2 atom stereocenters. The molecule has 0 N–H and O–H groups in total. The zero-order chi connectivity index (χ0) is 12.3. The van der Waals surface area contributed by atoms with Gasteiger partial charge in [0.25, 0.3) is 0 Å². The zero-order valence-corrected chi connectivity index (χ0v) is 11.6. The molecule has 5 heteroatoms. The summed E-state index contributed by atoms with van der Waals surface area (Å²) in [5.74, 6) is 0.159. The molecule has 2 heterocycles. The molecular formula is C12H18O3S2. The minimum atomic E-state index is -3.10. The Morgan fingerprint density at radius 1 is 1.53 bits per heavy atom. The van der Waals surface area contributed by atoms with E-state index in [2.05, 4.69) is 0 Å². The van der Waals surface area contributed by atoms with Gasteiger partial charge in [-0.15, -0.1) is 11.3 Å². The van der Waals surface area contributed by atoms with Crippen molar-refractivity contribution in [2.75, 3.05) is 12.4 Å². The largest absolute Gasteiger partial charge is 0.377 e. The minimum Gasteiger partial charge on any atom is -0.377 e. The van der Waals surface area contributed by atoms with Crippen molar-refractivity contribution < 1.29 is 13.2 Å². The highest BCUT2D eigenvalue weighted by molar-refractivity contribution is 7.91. The van der Waals surface area contributed by atoms with Gasteiger partial charge in [-0.25, -0.2) is 8.42 Å². The van der Waals surface area contributed by atoms with Crippen LogP contribution in [0.2, 0.25) is 0 Å². The lowest BCUT2D eigenvalue weighted by molar-refractivity contribution is 0.0304. The number of thiophene rings is 1. The molecule has 1 fully saturated rings. The fourth-order valence-corrected chi connectivity index (χ4v) is 4.81. The number of sulfone groups is 1. The third-order valence-corrected chi connectivity index (χ3v) is 6.55. The molecule has 0 aromatic carbocycles. The van der Waals surface area contributed by atoms with E-state index in [1.807, 2.05) is 17.5 Å². The summed E-state index contributed by atoms with van der Waals surface area (Å²) in [6.45, 7) is 2.47. The predicted molar refractivity (Wildman–Crippen MR) is 70.1 cm³/mol.